The molecule has 0 nitrogen and oxygen atoms in total. The van der Waals surface area contributed by atoms with Crippen molar-refractivity contribution in [3.8, 4) is 0 Å². The van der Waals surface area contributed by atoms with Gasteiger partial charge in [-0.15, -0.1) is 0 Å². The highest BCUT2D eigenvalue weighted by Gasteiger charge is 2.20. The van der Waals surface area contributed by atoms with Crippen LogP contribution in [0.2, 0.25) is 0 Å². The van der Waals surface area contributed by atoms with E-state index in [1.54, 1.807) is 0 Å². The van der Waals surface area contributed by atoms with Crippen molar-refractivity contribution >= 4 is 22.9 Å². The molecule has 0 aromatic heterocycles. The van der Waals surface area contributed by atoms with Crippen LogP contribution in [0.1, 0.15) is 48.4 Å². The molecule has 1 unspecified atom stereocenters. The van der Waals surface area contributed by atoms with E-state index in [0.717, 1.165) is 6.42 Å². The second-order valence-electron chi connectivity index (χ2n) is 5.45. The quantitative estimate of drug-likeness (QED) is 0.607. The fourth-order valence-corrected chi connectivity index (χ4v) is 3.35. The Balaban J connectivity index is 2.49. The largest absolute Gasteiger partial charge is 0.0870 e. The van der Waals surface area contributed by atoms with Gasteiger partial charge in [0.05, 0.1) is 0 Å². The van der Waals surface area contributed by atoms with Gasteiger partial charge in [0.2, 0.25) is 0 Å². The van der Waals surface area contributed by atoms with E-state index < -0.39 is 0 Å². The third-order valence-electron chi connectivity index (χ3n) is 4.21. The maximum absolute atomic E-state index is 2.34. The first-order valence-electron chi connectivity index (χ1n) is 7.08. The van der Waals surface area contributed by atoms with Crippen molar-refractivity contribution < 1.29 is 0 Å². The lowest BCUT2D eigenvalue weighted by molar-refractivity contribution is 0.766. The molecule has 2 aromatic carbocycles. The smallest absolute Gasteiger partial charge is 0.0102 e. The van der Waals surface area contributed by atoms with Gasteiger partial charge in [-0.3, -0.25) is 0 Å². The highest BCUT2D eigenvalue weighted by atomic mass is 14.2. The predicted molar refractivity (Wildman–Crippen MR) is 85.5 cm³/mol. The minimum atomic E-state index is 0.619. The van der Waals surface area contributed by atoms with Gasteiger partial charge in [-0.1, -0.05) is 55.5 Å². The number of benzene rings is 2. The molecule has 0 saturated carbocycles. The zero-order valence-electron chi connectivity index (χ0n) is 11.9. The standard InChI is InChI=1S/C19H20/c1-4-8-15-14(3)19-13(2)9-7-12-18(19)17-11-6-5-10-16(15)17/h4-8,10-13H,9H2,1-3H3/b8-4-. The normalized spacial score (nSPS) is 18.2. The Labute approximate surface area is 115 Å². The van der Waals surface area contributed by atoms with Gasteiger partial charge in [0.15, 0.2) is 0 Å². The van der Waals surface area contributed by atoms with Crippen molar-refractivity contribution in [3.05, 3.63) is 58.7 Å². The molecule has 0 radical (unpaired) electrons. The summed E-state index contributed by atoms with van der Waals surface area (Å²) in [6, 6.07) is 8.77. The number of hydrogen-bond acceptors (Lipinski definition) is 0. The first-order chi connectivity index (χ1) is 9.24. The summed E-state index contributed by atoms with van der Waals surface area (Å²) < 4.78 is 0. The summed E-state index contributed by atoms with van der Waals surface area (Å²) >= 11 is 0. The molecule has 0 saturated heterocycles. The molecule has 1 atom stereocenters. The van der Waals surface area contributed by atoms with E-state index in [9.17, 15) is 0 Å². The molecule has 96 valence electrons. The fraction of sp³-hybridized carbons (Fsp3) is 0.263. The van der Waals surface area contributed by atoms with Crippen LogP contribution in [0, 0.1) is 6.92 Å². The lowest BCUT2D eigenvalue weighted by Crippen LogP contribution is -2.05. The second kappa shape index (κ2) is 4.70. The molecule has 0 bridgehead atoms. The van der Waals surface area contributed by atoms with Crippen LogP contribution in [0.3, 0.4) is 0 Å². The molecule has 0 heteroatoms. The van der Waals surface area contributed by atoms with E-state index >= 15 is 0 Å². The van der Waals surface area contributed by atoms with Gasteiger partial charge in [-0.2, -0.15) is 0 Å². The second-order valence-corrected chi connectivity index (χ2v) is 5.45. The van der Waals surface area contributed by atoms with Gasteiger partial charge < -0.3 is 0 Å². The van der Waals surface area contributed by atoms with E-state index in [1.807, 2.05) is 0 Å². The van der Waals surface area contributed by atoms with E-state index in [0.29, 0.717) is 5.92 Å². The van der Waals surface area contributed by atoms with E-state index in [-0.39, 0.29) is 0 Å². The Morgan fingerprint density at radius 1 is 1.16 bits per heavy atom. The zero-order valence-corrected chi connectivity index (χ0v) is 11.9. The summed E-state index contributed by atoms with van der Waals surface area (Å²) in [6.45, 7) is 6.71. The number of allylic oxidation sites excluding steroid dienone is 2. The van der Waals surface area contributed by atoms with Gasteiger partial charge in [0.25, 0.3) is 0 Å². The molecule has 1 aliphatic carbocycles. The first kappa shape index (κ1) is 12.2. The monoisotopic (exact) mass is 248 g/mol. The van der Waals surface area contributed by atoms with Crippen LogP contribution in [0.25, 0.3) is 22.9 Å². The average molecular weight is 248 g/mol. The average Bonchev–Trinajstić information content (AvgIpc) is 2.43. The third-order valence-corrected chi connectivity index (χ3v) is 4.21. The van der Waals surface area contributed by atoms with Crippen LogP contribution in [-0.2, 0) is 0 Å². The number of hydrogen-bond donors (Lipinski definition) is 0. The van der Waals surface area contributed by atoms with Gasteiger partial charge in [-0.05, 0) is 59.2 Å². The minimum Gasteiger partial charge on any atom is -0.0870 e. The van der Waals surface area contributed by atoms with Crippen LogP contribution in [-0.4, -0.2) is 0 Å². The van der Waals surface area contributed by atoms with Gasteiger partial charge in [0.1, 0.15) is 0 Å². The van der Waals surface area contributed by atoms with Crippen LogP contribution >= 0.6 is 0 Å². The van der Waals surface area contributed by atoms with Crippen LogP contribution in [0.5, 0.6) is 0 Å². The topological polar surface area (TPSA) is 0 Å². The molecule has 0 aliphatic heterocycles. The van der Waals surface area contributed by atoms with E-state index in [4.69, 9.17) is 0 Å². The first-order valence-corrected chi connectivity index (χ1v) is 7.08. The van der Waals surface area contributed by atoms with Crippen LogP contribution in [0.4, 0.5) is 0 Å². The minimum absolute atomic E-state index is 0.619. The predicted octanol–water partition coefficient (Wildman–Crippen LogP) is 5.70. The Kier molecular flexibility index (Phi) is 3.02. The summed E-state index contributed by atoms with van der Waals surface area (Å²) in [4.78, 5) is 0. The van der Waals surface area contributed by atoms with Crippen LogP contribution in [0.15, 0.2) is 36.4 Å². The molecule has 1 aliphatic rings. The Morgan fingerprint density at radius 2 is 1.89 bits per heavy atom. The Morgan fingerprint density at radius 3 is 2.63 bits per heavy atom. The van der Waals surface area contributed by atoms with E-state index in [1.165, 1.54) is 33.0 Å². The third kappa shape index (κ3) is 1.83. The molecule has 2 aromatic rings. The highest BCUT2D eigenvalue weighted by molar-refractivity contribution is 5.99. The summed E-state index contributed by atoms with van der Waals surface area (Å²) in [5.41, 5.74) is 5.80. The summed E-state index contributed by atoms with van der Waals surface area (Å²) in [5, 5.41) is 2.76. The van der Waals surface area contributed by atoms with Gasteiger partial charge >= 0.3 is 0 Å². The Hall–Kier alpha value is -1.82. The van der Waals surface area contributed by atoms with Gasteiger partial charge in [-0.25, -0.2) is 0 Å². The van der Waals surface area contributed by atoms with Crippen molar-refractivity contribution in [2.75, 3.05) is 0 Å². The van der Waals surface area contributed by atoms with Crippen molar-refractivity contribution in [3.63, 3.8) is 0 Å². The van der Waals surface area contributed by atoms with Crippen LogP contribution < -0.4 is 0 Å². The summed E-state index contributed by atoms with van der Waals surface area (Å²) in [6.07, 6.45) is 10.2. The van der Waals surface area contributed by atoms with Gasteiger partial charge in [0, 0.05) is 0 Å². The highest BCUT2D eigenvalue weighted by Crippen LogP contribution is 2.39. The molecule has 0 amide bonds. The molecular weight excluding hydrogens is 228 g/mol. The zero-order chi connectivity index (χ0) is 13.4. The molecule has 0 spiro atoms. The molecule has 3 rings (SSSR count). The van der Waals surface area contributed by atoms with Crippen molar-refractivity contribution in [1.82, 2.24) is 0 Å². The van der Waals surface area contributed by atoms with E-state index in [2.05, 4.69) is 69.3 Å². The van der Waals surface area contributed by atoms with Crippen molar-refractivity contribution in [1.29, 1.82) is 0 Å². The summed E-state index contributed by atoms with van der Waals surface area (Å²) in [5.74, 6) is 0.619. The lowest BCUT2D eigenvalue weighted by atomic mass is 9.80. The maximum atomic E-state index is 2.34. The Bertz CT molecular complexity index is 687. The molecule has 0 fully saturated rings. The molecule has 19 heavy (non-hydrogen) atoms. The lowest BCUT2D eigenvalue weighted by Gasteiger charge is -2.24. The molecular formula is C19H20. The molecule has 0 heterocycles. The fourth-order valence-electron chi connectivity index (χ4n) is 3.35. The number of fused-ring (bicyclic) bond motifs is 3. The maximum Gasteiger partial charge on any atom is -0.0102 e. The van der Waals surface area contributed by atoms with Crippen molar-refractivity contribution in [2.45, 2.75) is 33.1 Å². The van der Waals surface area contributed by atoms with Crippen molar-refractivity contribution in [2.24, 2.45) is 0 Å². The number of rotatable bonds is 1. The molecule has 0 N–H and O–H groups in total. The SMILES string of the molecule is C/C=C\c1c(C)c2c(c3ccccc13)C=CCC2C. The summed E-state index contributed by atoms with van der Waals surface area (Å²) in [7, 11) is 0.